The van der Waals surface area contributed by atoms with Gasteiger partial charge < -0.3 is 4.90 Å². The first-order valence-electron chi connectivity index (χ1n) is 10.7. The third-order valence-electron chi connectivity index (χ3n) is 6.05. The zero-order valence-corrected chi connectivity index (χ0v) is 18.0. The van der Waals surface area contributed by atoms with Gasteiger partial charge >= 0.3 is 0 Å². The van der Waals surface area contributed by atoms with Crippen LogP contribution in [0.2, 0.25) is 0 Å². The van der Waals surface area contributed by atoms with E-state index >= 15 is 0 Å². The first-order valence-corrected chi connectivity index (χ1v) is 10.7. The second-order valence-corrected chi connectivity index (χ2v) is 8.15. The number of piperazine rings is 1. The molecule has 2 heterocycles. The Bertz CT molecular complexity index is 989. The number of imide groups is 1. The second kappa shape index (κ2) is 8.44. The summed E-state index contributed by atoms with van der Waals surface area (Å²) in [5.74, 6) is -0.329. The quantitative estimate of drug-likeness (QED) is 0.719. The molecule has 0 aliphatic carbocycles. The molecule has 2 aliphatic rings. The molecule has 0 spiro atoms. The van der Waals surface area contributed by atoms with E-state index in [4.69, 9.17) is 0 Å². The molecule has 2 aliphatic heterocycles. The lowest BCUT2D eigenvalue weighted by atomic mass is 9.97. The van der Waals surface area contributed by atoms with Crippen LogP contribution in [0.25, 0.3) is 5.57 Å². The average Bonchev–Trinajstić information content (AvgIpc) is 2.99. The SMILES string of the molecule is CCN1C(=O)C(c2ccc(C)cc2C)=C(N2CCN(Cc3ccccc3)CC2)C1=O. The van der Waals surface area contributed by atoms with Gasteiger partial charge in [-0.15, -0.1) is 0 Å². The second-order valence-electron chi connectivity index (χ2n) is 8.15. The van der Waals surface area contributed by atoms with Gasteiger partial charge in [0.25, 0.3) is 11.8 Å². The lowest BCUT2D eigenvalue weighted by Crippen LogP contribution is -2.47. The Labute approximate surface area is 178 Å². The van der Waals surface area contributed by atoms with E-state index in [1.165, 1.54) is 10.5 Å². The molecule has 2 aromatic carbocycles. The summed E-state index contributed by atoms with van der Waals surface area (Å²) in [6.45, 7) is 10.4. The molecule has 1 saturated heterocycles. The number of carbonyl (C=O) groups is 2. The van der Waals surface area contributed by atoms with Gasteiger partial charge in [-0.2, -0.15) is 0 Å². The largest absolute Gasteiger partial charge is 0.364 e. The third-order valence-corrected chi connectivity index (χ3v) is 6.05. The van der Waals surface area contributed by atoms with Crippen LogP contribution >= 0.6 is 0 Å². The molecular formula is C25H29N3O2. The minimum Gasteiger partial charge on any atom is -0.364 e. The molecule has 4 rings (SSSR count). The van der Waals surface area contributed by atoms with E-state index in [2.05, 4.69) is 40.1 Å². The van der Waals surface area contributed by atoms with Crippen LogP contribution < -0.4 is 0 Å². The summed E-state index contributed by atoms with van der Waals surface area (Å²) < 4.78 is 0. The van der Waals surface area contributed by atoms with Gasteiger partial charge in [-0.3, -0.25) is 19.4 Å². The van der Waals surface area contributed by atoms with Crippen molar-refractivity contribution in [3.8, 4) is 0 Å². The molecule has 2 amide bonds. The van der Waals surface area contributed by atoms with Crippen molar-refractivity contribution in [2.24, 2.45) is 0 Å². The number of nitrogens with zero attached hydrogens (tertiary/aromatic N) is 3. The van der Waals surface area contributed by atoms with E-state index in [9.17, 15) is 9.59 Å². The summed E-state index contributed by atoms with van der Waals surface area (Å²) in [7, 11) is 0. The number of hydrogen-bond donors (Lipinski definition) is 0. The highest BCUT2D eigenvalue weighted by Gasteiger charge is 2.41. The summed E-state index contributed by atoms with van der Waals surface area (Å²) >= 11 is 0. The molecule has 5 heteroatoms. The van der Waals surface area contributed by atoms with Gasteiger partial charge in [0.2, 0.25) is 0 Å². The molecule has 0 aromatic heterocycles. The van der Waals surface area contributed by atoms with Crippen LogP contribution in [-0.2, 0) is 16.1 Å². The Morgan fingerprint density at radius 1 is 0.867 bits per heavy atom. The van der Waals surface area contributed by atoms with Crippen molar-refractivity contribution in [2.45, 2.75) is 27.3 Å². The van der Waals surface area contributed by atoms with Crippen molar-refractivity contribution in [2.75, 3.05) is 32.7 Å². The van der Waals surface area contributed by atoms with Crippen LogP contribution in [0, 0.1) is 13.8 Å². The van der Waals surface area contributed by atoms with Gasteiger partial charge in [-0.05, 0) is 37.5 Å². The van der Waals surface area contributed by atoms with Crippen molar-refractivity contribution in [3.63, 3.8) is 0 Å². The van der Waals surface area contributed by atoms with Gasteiger partial charge in [0.05, 0.1) is 5.57 Å². The Balaban J connectivity index is 1.60. The Morgan fingerprint density at radius 3 is 2.20 bits per heavy atom. The van der Waals surface area contributed by atoms with Crippen molar-refractivity contribution in [1.29, 1.82) is 0 Å². The molecule has 156 valence electrons. The maximum atomic E-state index is 13.2. The molecule has 30 heavy (non-hydrogen) atoms. The molecule has 5 nitrogen and oxygen atoms in total. The highest BCUT2D eigenvalue weighted by Crippen LogP contribution is 2.34. The van der Waals surface area contributed by atoms with Crippen LogP contribution in [0.1, 0.15) is 29.2 Å². The van der Waals surface area contributed by atoms with Crippen LogP contribution in [-0.4, -0.2) is 59.2 Å². The lowest BCUT2D eigenvalue weighted by molar-refractivity contribution is -0.137. The Kier molecular flexibility index (Phi) is 5.73. The summed E-state index contributed by atoms with van der Waals surface area (Å²) in [6, 6.07) is 16.5. The summed E-state index contributed by atoms with van der Waals surface area (Å²) in [5.41, 5.74) is 5.49. The number of rotatable bonds is 5. The molecule has 0 radical (unpaired) electrons. The highest BCUT2D eigenvalue weighted by molar-refractivity contribution is 6.35. The molecule has 0 bridgehead atoms. The molecule has 2 aromatic rings. The smallest absolute Gasteiger partial charge is 0.277 e. The van der Waals surface area contributed by atoms with Gasteiger partial charge in [-0.1, -0.05) is 54.1 Å². The topological polar surface area (TPSA) is 43.9 Å². The van der Waals surface area contributed by atoms with Crippen molar-refractivity contribution in [3.05, 3.63) is 76.5 Å². The zero-order valence-electron chi connectivity index (χ0n) is 18.0. The minimum absolute atomic E-state index is 0.158. The molecule has 0 saturated carbocycles. The van der Waals surface area contributed by atoms with Gasteiger partial charge in [0, 0.05) is 39.3 Å². The van der Waals surface area contributed by atoms with Crippen LogP contribution in [0.4, 0.5) is 0 Å². The van der Waals surface area contributed by atoms with E-state index in [-0.39, 0.29) is 11.8 Å². The first-order chi connectivity index (χ1) is 14.5. The third kappa shape index (κ3) is 3.77. The summed E-state index contributed by atoms with van der Waals surface area (Å²) in [6.07, 6.45) is 0. The van der Waals surface area contributed by atoms with E-state index in [0.29, 0.717) is 17.8 Å². The van der Waals surface area contributed by atoms with Crippen LogP contribution in [0.3, 0.4) is 0 Å². The summed E-state index contributed by atoms with van der Waals surface area (Å²) in [4.78, 5) is 32.2. The fraction of sp³-hybridized carbons (Fsp3) is 0.360. The maximum absolute atomic E-state index is 13.2. The number of amides is 2. The van der Waals surface area contributed by atoms with Crippen molar-refractivity contribution >= 4 is 17.4 Å². The van der Waals surface area contributed by atoms with E-state index < -0.39 is 0 Å². The van der Waals surface area contributed by atoms with Gasteiger partial charge in [0.15, 0.2) is 0 Å². The maximum Gasteiger partial charge on any atom is 0.277 e. The minimum atomic E-state index is -0.170. The number of aryl methyl sites for hydroxylation is 2. The number of carbonyl (C=O) groups excluding carboxylic acids is 2. The lowest BCUT2D eigenvalue weighted by Gasteiger charge is -2.36. The van der Waals surface area contributed by atoms with Gasteiger partial charge in [-0.25, -0.2) is 0 Å². The number of benzene rings is 2. The Hall–Kier alpha value is -2.92. The average molecular weight is 404 g/mol. The normalized spacial score (nSPS) is 18.0. The first kappa shape index (κ1) is 20.4. The monoisotopic (exact) mass is 403 g/mol. The fourth-order valence-electron chi connectivity index (χ4n) is 4.45. The molecule has 0 N–H and O–H groups in total. The molecule has 0 atom stereocenters. The van der Waals surface area contributed by atoms with Crippen molar-refractivity contribution in [1.82, 2.24) is 14.7 Å². The number of likely N-dealkylation sites (N-methyl/N-ethyl adjacent to an activating group) is 1. The van der Waals surface area contributed by atoms with Crippen LogP contribution in [0.5, 0.6) is 0 Å². The van der Waals surface area contributed by atoms with Crippen molar-refractivity contribution < 1.29 is 9.59 Å². The van der Waals surface area contributed by atoms with E-state index in [1.54, 1.807) is 0 Å². The van der Waals surface area contributed by atoms with Gasteiger partial charge in [0.1, 0.15) is 5.70 Å². The van der Waals surface area contributed by atoms with E-state index in [1.807, 2.05) is 39.0 Å². The highest BCUT2D eigenvalue weighted by atomic mass is 16.2. The molecule has 0 unspecified atom stereocenters. The molecular weight excluding hydrogens is 374 g/mol. The van der Waals surface area contributed by atoms with Crippen LogP contribution in [0.15, 0.2) is 54.2 Å². The predicted molar refractivity (Wildman–Crippen MR) is 119 cm³/mol. The molecule has 1 fully saturated rings. The Morgan fingerprint density at radius 2 is 1.57 bits per heavy atom. The number of hydrogen-bond acceptors (Lipinski definition) is 4. The zero-order chi connectivity index (χ0) is 21.3. The predicted octanol–water partition coefficient (Wildman–Crippen LogP) is 3.22. The summed E-state index contributed by atoms with van der Waals surface area (Å²) in [5, 5.41) is 0. The van der Waals surface area contributed by atoms with E-state index in [0.717, 1.165) is 49.4 Å². The fourth-order valence-corrected chi connectivity index (χ4v) is 4.45. The standard InChI is InChI=1S/C25H29N3O2/c1-4-28-24(29)22(21-11-10-18(2)16-19(21)3)23(25(28)30)27-14-12-26(13-15-27)17-20-8-6-5-7-9-20/h5-11,16H,4,12-15,17H2,1-3H3.